The minimum absolute atomic E-state index is 0.435. The summed E-state index contributed by atoms with van der Waals surface area (Å²) in [6.07, 6.45) is -18.0. The van der Waals surface area contributed by atoms with Crippen molar-refractivity contribution < 1.29 is 65.4 Å². The number of hydrogen-bond donors (Lipinski definition) is 0. The van der Waals surface area contributed by atoms with Gasteiger partial charge in [0.1, 0.15) is 0 Å². The van der Waals surface area contributed by atoms with Crippen LogP contribution in [0.25, 0.3) is 0 Å². The molecule has 0 heterocycles. The van der Waals surface area contributed by atoms with Gasteiger partial charge >= 0.3 is 19.0 Å². The predicted octanol–water partition coefficient (Wildman–Crippen LogP) is 0.920. The lowest BCUT2D eigenvalue weighted by Gasteiger charge is -2.22. The molecule has 0 amide bonds. The lowest BCUT2D eigenvalue weighted by atomic mass is 11.1. The summed E-state index contributed by atoms with van der Waals surface area (Å²) in [7, 11) is -10.3. The van der Waals surface area contributed by atoms with Crippen LogP contribution in [0.1, 0.15) is 0 Å². The molecule has 0 spiro atoms. The molecule has 0 unspecified atom stereocenters. The summed E-state index contributed by atoms with van der Waals surface area (Å²) >= 11 is 0. The molecule has 8 nitrogen and oxygen atoms in total. The highest BCUT2D eigenvalue weighted by atomic mass is 32.3. The van der Waals surface area contributed by atoms with Crippen molar-refractivity contribution in [2.45, 2.75) is 19.0 Å². The van der Waals surface area contributed by atoms with Gasteiger partial charge in [0, 0.05) is 0 Å². The minimum atomic E-state index is -6.11. The molecule has 0 atom stereocenters. The maximum atomic E-state index is 12.7. The largest absolute Gasteiger partial charge is 0.529 e. The lowest BCUT2D eigenvalue weighted by Crippen LogP contribution is -2.42. The van der Waals surface area contributed by atoms with Gasteiger partial charge in [-0.1, -0.05) is 0 Å². The van der Waals surface area contributed by atoms with Crippen LogP contribution in [-0.2, 0) is 38.1 Å². The molecule has 0 fully saturated rings. The second-order valence-electron chi connectivity index (χ2n) is 3.06. The van der Waals surface area contributed by atoms with E-state index in [-0.39, 0.29) is 0 Å². The van der Waals surface area contributed by atoms with Gasteiger partial charge in [-0.05, 0) is 0 Å². The van der Waals surface area contributed by atoms with Gasteiger partial charge in [0.05, 0.1) is 7.11 Å². The van der Waals surface area contributed by atoms with E-state index >= 15 is 0 Å². The smallest absolute Gasteiger partial charge is 0.273 e. The molecule has 0 aliphatic rings. The molecule has 0 bridgehead atoms. The molecular weight excluding hydrogens is 385 g/mol. The van der Waals surface area contributed by atoms with Crippen LogP contribution in [0.2, 0.25) is 0 Å². The average molecular weight is 390 g/mol. The normalized spacial score (nSPS) is 15.1. The van der Waals surface area contributed by atoms with E-state index in [1.807, 2.05) is 4.74 Å². The van der Waals surface area contributed by atoms with Gasteiger partial charge < -0.3 is 0 Å². The molecule has 0 aromatic carbocycles. The second kappa shape index (κ2) is 6.40. The number of hydrogen-bond acceptors (Lipinski definition) is 8. The third-order valence-corrected chi connectivity index (χ3v) is 4.50. The van der Waals surface area contributed by atoms with Gasteiger partial charge in [-0.25, -0.2) is 4.74 Å². The van der Waals surface area contributed by atoms with Crippen molar-refractivity contribution in [3.05, 3.63) is 0 Å². The number of alkyl halides is 7. The zero-order valence-corrected chi connectivity index (χ0v) is 11.6. The van der Waals surface area contributed by atoms with Gasteiger partial charge in [0.15, 0.2) is 0 Å². The maximum Gasteiger partial charge on any atom is 0.529 e. The molecule has 17 heteroatoms. The van der Waals surface area contributed by atoms with E-state index in [4.69, 9.17) is 0 Å². The summed E-state index contributed by atoms with van der Waals surface area (Å²) in [6.45, 7) is 0. The van der Waals surface area contributed by atoms with Crippen LogP contribution < -0.4 is 0 Å². The fourth-order valence-corrected chi connectivity index (χ4v) is 3.03. The van der Waals surface area contributed by atoms with Crippen molar-refractivity contribution in [2.24, 2.45) is 0 Å². The van der Waals surface area contributed by atoms with E-state index in [0.29, 0.717) is 7.11 Å². The van der Waals surface area contributed by atoms with E-state index in [9.17, 15) is 47.6 Å². The summed E-state index contributed by atoms with van der Waals surface area (Å²) in [5.41, 5.74) is 0. The Hall–Kier alpha value is -0.750. The molecule has 22 heavy (non-hydrogen) atoms. The Morgan fingerprint density at radius 3 is 1.59 bits per heavy atom. The highest BCUT2D eigenvalue weighted by Gasteiger charge is 2.55. The Morgan fingerprint density at radius 2 is 1.23 bits per heavy atom. The molecule has 0 radical (unpaired) electrons. The van der Waals surface area contributed by atoms with E-state index in [2.05, 4.69) is 13.1 Å². The van der Waals surface area contributed by atoms with Crippen molar-refractivity contribution in [2.75, 3.05) is 12.2 Å². The highest BCUT2D eigenvalue weighted by molar-refractivity contribution is 8.03. The van der Waals surface area contributed by atoms with Crippen molar-refractivity contribution >= 4 is 20.2 Å². The molecule has 134 valence electrons. The Labute approximate surface area is 117 Å². The van der Waals surface area contributed by atoms with Crippen molar-refractivity contribution in [1.29, 1.82) is 0 Å². The minimum Gasteiger partial charge on any atom is -0.273 e. The maximum absolute atomic E-state index is 12.7. The van der Waals surface area contributed by atoms with E-state index < -0.39 is 44.3 Å². The molecule has 0 N–H and O–H groups in total. The van der Waals surface area contributed by atoms with E-state index in [0.717, 1.165) is 0 Å². The van der Waals surface area contributed by atoms with Gasteiger partial charge in [-0.15, -0.1) is 30.7 Å². The summed E-state index contributed by atoms with van der Waals surface area (Å²) in [4.78, 5) is 0. The molecule has 0 aromatic rings. The summed E-state index contributed by atoms with van der Waals surface area (Å²) in [6, 6.07) is 0. The van der Waals surface area contributed by atoms with Gasteiger partial charge in [-0.3, -0.25) is 4.18 Å². The van der Waals surface area contributed by atoms with Gasteiger partial charge in [0.2, 0.25) is 5.08 Å². The first-order chi connectivity index (χ1) is 9.39. The molecule has 0 aliphatic heterocycles. The van der Waals surface area contributed by atoms with Crippen LogP contribution in [0, 0.1) is 0 Å². The van der Waals surface area contributed by atoms with Crippen molar-refractivity contribution in [3.8, 4) is 0 Å². The molecule has 0 saturated carbocycles. The summed E-state index contributed by atoms with van der Waals surface area (Å²) in [5.74, 6) is 0. The van der Waals surface area contributed by atoms with Crippen LogP contribution in [0.3, 0.4) is 0 Å². The molecule has 0 aliphatic carbocycles. The van der Waals surface area contributed by atoms with Crippen LogP contribution in [0.5, 0.6) is 0 Å². The van der Waals surface area contributed by atoms with Crippen molar-refractivity contribution in [3.63, 3.8) is 0 Å². The first-order valence-corrected chi connectivity index (χ1v) is 7.48. The van der Waals surface area contributed by atoms with E-state index in [1.54, 1.807) is 0 Å². The topological polar surface area (TPSA) is 105 Å². The van der Waals surface area contributed by atoms with Crippen LogP contribution in [0.4, 0.5) is 30.7 Å². The van der Waals surface area contributed by atoms with Gasteiger partial charge in [-0.2, -0.15) is 25.8 Å². The highest BCUT2D eigenvalue weighted by Crippen LogP contribution is 2.35. The number of halogens is 7. The fraction of sp³-hybridized carbons (Fsp3) is 1.00. The SMILES string of the molecule is COS(=O)(=O)CS(=O)(=O)OC(F)(F)OC(F)(F)OC(F)(F)F. The fourth-order valence-electron chi connectivity index (χ4n) is 0.708. The summed E-state index contributed by atoms with van der Waals surface area (Å²) in [5, 5.41) is -2.25. The first kappa shape index (κ1) is 21.2. The Bertz CT molecular complexity index is 578. The standard InChI is InChI=1S/C5H5F7O8S2/c1-17-21(13,14)2-22(15,16)20-5(11,12)19-4(9,10)18-3(6,7)8/h2H2,1H3. The zero-order chi connectivity index (χ0) is 18.0. The number of ether oxygens (including phenoxy) is 2. The quantitative estimate of drug-likeness (QED) is 0.342. The second-order valence-corrected chi connectivity index (χ2v) is 6.73. The number of rotatable bonds is 8. The van der Waals surface area contributed by atoms with Crippen molar-refractivity contribution in [1.82, 2.24) is 0 Å². The lowest BCUT2D eigenvalue weighted by molar-refractivity contribution is -0.556. The first-order valence-electron chi connectivity index (χ1n) is 4.33. The summed E-state index contributed by atoms with van der Waals surface area (Å²) < 4.78 is 138. The average Bonchev–Trinajstić information content (AvgIpc) is 2.06. The van der Waals surface area contributed by atoms with Crippen LogP contribution >= 0.6 is 0 Å². The Morgan fingerprint density at radius 1 is 0.773 bits per heavy atom. The molecule has 0 rings (SSSR count). The molecular formula is C5H5F7O8S2. The van der Waals surface area contributed by atoms with Gasteiger partial charge in [0.25, 0.3) is 20.2 Å². The molecule has 0 saturated heterocycles. The van der Waals surface area contributed by atoms with Crippen LogP contribution in [0.15, 0.2) is 0 Å². The third kappa shape index (κ3) is 9.30. The Balaban J connectivity index is 5.04. The monoisotopic (exact) mass is 390 g/mol. The van der Waals surface area contributed by atoms with E-state index in [1.165, 1.54) is 0 Å². The Kier molecular flexibility index (Phi) is 6.18. The zero-order valence-electron chi connectivity index (χ0n) is 9.94. The molecule has 0 aromatic heterocycles. The third-order valence-electron chi connectivity index (χ3n) is 1.24. The predicted molar refractivity (Wildman–Crippen MR) is 48.9 cm³/mol. The van der Waals surface area contributed by atoms with Crippen LogP contribution in [-0.4, -0.2) is 48.0 Å².